The SMILES string of the molecule is Oc1c(Br)cc(/C=N/NC(=S)NCC2CCCO2)cc1Br. The molecule has 0 radical (unpaired) electrons. The molecule has 1 heterocycles. The van der Waals surface area contributed by atoms with E-state index >= 15 is 0 Å². The van der Waals surface area contributed by atoms with Gasteiger partial charge in [0.05, 0.1) is 21.3 Å². The van der Waals surface area contributed by atoms with E-state index in [1.807, 2.05) is 0 Å². The zero-order valence-corrected chi connectivity index (χ0v) is 15.1. The van der Waals surface area contributed by atoms with Gasteiger partial charge in [-0.25, -0.2) is 0 Å². The number of nitrogens with zero attached hydrogens (tertiary/aromatic N) is 1. The van der Waals surface area contributed by atoms with E-state index in [1.165, 1.54) is 0 Å². The van der Waals surface area contributed by atoms with Gasteiger partial charge in [-0.05, 0) is 74.6 Å². The number of aromatic hydroxyl groups is 1. The second-order valence-electron chi connectivity index (χ2n) is 4.55. The van der Waals surface area contributed by atoms with Crippen LogP contribution in [0.2, 0.25) is 0 Å². The van der Waals surface area contributed by atoms with Gasteiger partial charge in [0, 0.05) is 13.2 Å². The lowest BCUT2D eigenvalue weighted by molar-refractivity contribution is 0.114. The lowest BCUT2D eigenvalue weighted by Crippen LogP contribution is -2.37. The summed E-state index contributed by atoms with van der Waals surface area (Å²) in [5.74, 6) is 0.161. The molecule has 0 bridgehead atoms. The summed E-state index contributed by atoms with van der Waals surface area (Å²) in [4.78, 5) is 0. The third-order valence-electron chi connectivity index (χ3n) is 2.93. The van der Waals surface area contributed by atoms with Gasteiger partial charge in [-0.15, -0.1) is 0 Å². The highest BCUT2D eigenvalue weighted by Crippen LogP contribution is 2.32. The van der Waals surface area contributed by atoms with Gasteiger partial charge in [0.15, 0.2) is 5.11 Å². The smallest absolute Gasteiger partial charge is 0.187 e. The fraction of sp³-hybridized carbons (Fsp3) is 0.385. The summed E-state index contributed by atoms with van der Waals surface area (Å²) in [5, 5.41) is 17.2. The third kappa shape index (κ3) is 5.21. The van der Waals surface area contributed by atoms with Crippen molar-refractivity contribution in [2.75, 3.05) is 13.2 Å². The Balaban J connectivity index is 1.80. The van der Waals surface area contributed by atoms with Crippen molar-refractivity contribution in [2.45, 2.75) is 18.9 Å². The number of benzene rings is 1. The average molecular weight is 437 g/mol. The number of nitrogens with one attached hydrogen (secondary N) is 2. The quantitative estimate of drug-likeness (QED) is 0.384. The summed E-state index contributed by atoms with van der Waals surface area (Å²) < 4.78 is 6.68. The Hall–Kier alpha value is -0.700. The standard InChI is InChI=1S/C13H15Br2N3O2S/c14-10-4-8(5-11(15)12(10)19)6-17-18-13(21)16-7-9-2-1-3-20-9/h4-6,9,19H,1-3,7H2,(H2,16,18,21)/b17-6+. The molecule has 3 N–H and O–H groups in total. The van der Waals surface area contributed by atoms with Crippen LogP contribution in [-0.2, 0) is 4.74 Å². The molecule has 1 saturated heterocycles. The van der Waals surface area contributed by atoms with E-state index in [1.54, 1.807) is 18.3 Å². The highest BCUT2D eigenvalue weighted by molar-refractivity contribution is 9.11. The van der Waals surface area contributed by atoms with Crippen molar-refractivity contribution in [1.29, 1.82) is 0 Å². The number of ether oxygens (including phenoxy) is 1. The summed E-state index contributed by atoms with van der Waals surface area (Å²) >= 11 is 11.7. The monoisotopic (exact) mass is 435 g/mol. The zero-order valence-electron chi connectivity index (χ0n) is 11.1. The highest BCUT2D eigenvalue weighted by Gasteiger charge is 2.14. The molecule has 0 saturated carbocycles. The zero-order chi connectivity index (χ0) is 15.2. The Morgan fingerprint density at radius 3 is 2.81 bits per heavy atom. The number of phenols is 1. The van der Waals surface area contributed by atoms with Crippen LogP contribution in [0, 0.1) is 0 Å². The van der Waals surface area contributed by atoms with Crippen molar-refractivity contribution < 1.29 is 9.84 Å². The van der Waals surface area contributed by atoms with Crippen LogP contribution >= 0.6 is 44.1 Å². The number of rotatable bonds is 4. The molecule has 1 atom stereocenters. The first-order chi connectivity index (χ1) is 10.1. The Morgan fingerprint density at radius 2 is 2.19 bits per heavy atom. The summed E-state index contributed by atoms with van der Waals surface area (Å²) in [6.45, 7) is 1.52. The van der Waals surface area contributed by atoms with Crippen LogP contribution in [0.1, 0.15) is 18.4 Å². The molecule has 1 aromatic carbocycles. The molecule has 21 heavy (non-hydrogen) atoms. The van der Waals surface area contributed by atoms with E-state index in [4.69, 9.17) is 17.0 Å². The number of hydrogen-bond acceptors (Lipinski definition) is 4. The minimum absolute atomic E-state index is 0.161. The average Bonchev–Trinajstić information content (AvgIpc) is 2.96. The number of hydrazone groups is 1. The summed E-state index contributed by atoms with van der Waals surface area (Å²) in [6, 6.07) is 3.52. The number of halogens is 2. The number of phenolic OH excluding ortho intramolecular Hbond substituents is 1. The molecule has 1 aliphatic rings. The van der Waals surface area contributed by atoms with E-state index in [0.29, 0.717) is 20.6 Å². The molecule has 1 aliphatic heterocycles. The summed E-state index contributed by atoms with van der Waals surface area (Å²) in [5.41, 5.74) is 3.57. The molecule has 5 nitrogen and oxygen atoms in total. The Labute approximate surface area is 145 Å². The maximum absolute atomic E-state index is 9.62. The number of hydrogen-bond donors (Lipinski definition) is 3. The molecule has 2 rings (SSSR count). The van der Waals surface area contributed by atoms with E-state index in [2.05, 4.69) is 47.7 Å². The maximum Gasteiger partial charge on any atom is 0.187 e. The Kier molecular flexibility index (Phi) is 6.40. The molecule has 0 amide bonds. The van der Waals surface area contributed by atoms with Gasteiger partial charge in [-0.3, -0.25) is 5.43 Å². The van der Waals surface area contributed by atoms with Crippen molar-refractivity contribution in [2.24, 2.45) is 5.10 Å². The molecular formula is C13H15Br2N3O2S. The van der Waals surface area contributed by atoms with Gasteiger partial charge in [0.1, 0.15) is 5.75 Å². The largest absolute Gasteiger partial charge is 0.506 e. The van der Waals surface area contributed by atoms with Crippen molar-refractivity contribution >= 4 is 55.4 Å². The molecular weight excluding hydrogens is 422 g/mol. The Bertz CT molecular complexity index is 525. The first-order valence-corrected chi connectivity index (χ1v) is 8.42. The predicted molar refractivity (Wildman–Crippen MR) is 93.8 cm³/mol. The molecule has 8 heteroatoms. The van der Waals surface area contributed by atoms with E-state index < -0.39 is 0 Å². The molecule has 1 aromatic rings. The fourth-order valence-electron chi connectivity index (χ4n) is 1.88. The lowest BCUT2D eigenvalue weighted by Gasteiger charge is -2.11. The number of thiocarbonyl (C=S) groups is 1. The van der Waals surface area contributed by atoms with E-state index in [-0.39, 0.29) is 11.9 Å². The minimum Gasteiger partial charge on any atom is -0.506 e. The minimum atomic E-state index is 0.161. The molecule has 1 unspecified atom stereocenters. The van der Waals surface area contributed by atoms with Crippen LogP contribution in [0.5, 0.6) is 5.75 Å². The van der Waals surface area contributed by atoms with Gasteiger partial charge < -0.3 is 15.2 Å². The van der Waals surface area contributed by atoms with Crippen LogP contribution in [-0.4, -0.2) is 35.7 Å². The second-order valence-corrected chi connectivity index (χ2v) is 6.67. The highest BCUT2D eigenvalue weighted by atomic mass is 79.9. The van der Waals surface area contributed by atoms with Crippen LogP contribution < -0.4 is 10.7 Å². The molecule has 1 fully saturated rings. The van der Waals surface area contributed by atoms with Crippen LogP contribution in [0.3, 0.4) is 0 Å². The normalized spacial score (nSPS) is 18.1. The predicted octanol–water partition coefficient (Wildman–Crippen LogP) is 2.89. The maximum atomic E-state index is 9.62. The summed E-state index contributed by atoms with van der Waals surface area (Å²) in [6.07, 6.45) is 4.02. The van der Waals surface area contributed by atoms with Crippen molar-refractivity contribution in [1.82, 2.24) is 10.7 Å². The first kappa shape index (κ1) is 16.7. The van der Waals surface area contributed by atoms with Crippen LogP contribution in [0.15, 0.2) is 26.2 Å². The van der Waals surface area contributed by atoms with Gasteiger partial charge >= 0.3 is 0 Å². The summed E-state index contributed by atoms with van der Waals surface area (Å²) in [7, 11) is 0. The van der Waals surface area contributed by atoms with Crippen molar-refractivity contribution in [3.05, 3.63) is 26.6 Å². The van der Waals surface area contributed by atoms with Crippen LogP contribution in [0.25, 0.3) is 0 Å². The topological polar surface area (TPSA) is 65.9 Å². The van der Waals surface area contributed by atoms with E-state index in [9.17, 15) is 5.11 Å². The van der Waals surface area contributed by atoms with Gasteiger partial charge in [0.2, 0.25) is 0 Å². The van der Waals surface area contributed by atoms with Crippen LogP contribution in [0.4, 0.5) is 0 Å². The second kappa shape index (κ2) is 8.07. The molecule has 114 valence electrons. The fourth-order valence-corrected chi connectivity index (χ4v) is 3.23. The van der Waals surface area contributed by atoms with Gasteiger partial charge in [0.25, 0.3) is 0 Å². The van der Waals surface area contributed by atoms with Crippen molar-refractivity contribution in [3.63, 3.8) is 0 Å². The third-order valence-corrected chi connectivity index (χ3v) is 4.38. The Morgan fingerprint density at radius 1 is 1.48 bits per heavy atom. The van der Waals surface area contributed by atoms with Crippen molar-refractivity contribution in [3.8, 4) is 5.75 Å². The van der Waals surface area contributed by atoms with E-state index in [0.717, 1.165) is 25.0 Å². The van der Waals surface area contributed by atoms with Gasteiger partial charge in [-0.2, -0.15) is 5.10 Å². The molecule has 0 aliphatic carbocycles. The van der Waals surface area contributed by atoms with Gasteiger partial charge in [-0.1, -0.05) is 0 Å². The molecule has 0 spiro atoms. The lowest BCUT2D eigenvalue weighted by atomic mass is 10.2. The molecule has 0 aromatic heterocycles. The first-order valence-electron chi connectivity index (χ1n) is 6.43.